The molecule has 0 aliphatic rings. The molecule has 0 amide bonds. The van der Waals surface area contributed by atoms with E-state index in [0.717, 1.165) is 4.26 Å². The number of rotatable bonds is 0. The molecule has 1 nitrogen and oxygen atoms in total. The van der Waals surface area contributed by atoms with Gasteiger partial charge in [-0.1, -0.05) is 0 Å². The molecular weight excluding hydrogens is 222 g/mol. The molecule has 2 rings (SSSR count). The number of halogens is 1. The van der Waals surface area contributed by atoms with Crippen molar-refractivity contribution in [2.45, 2.75) is 0 Å². The normalized spacial score (nSPS) is 10.4. The van der Waals surface area contributed by atoms with E-state index in [-0.39, 0.29) is 25.7 Å². The van der Waals surface area contributed by atoms with E-state index >= 15 is 0 Å². The fourth-order valence-electron chi connectivity index (χ4n) is 1.06. The van der Waals surface area contributed by atoms with Gasteiger partial charge in [0.2, 0.25) is 0 Å². The molecule has 1 aromatic carbocycles. The van der Waals surface area contributed by atoms with Gasteiger partial charge in [-0.25, -0.2) is 0 Å². The predicted octanol–water partition coefficient (Wildman–Crippen LogP) is 1.40. The van der Waals surface area contributed by atoms with E-state index in [1.807, 2.05) is 4.94 Å². The van der Waals surface area contributed by atoms with Gasteiger partial charge in [0.15, 0.2) is 0 Å². The Labute approximate surface area is 74.2 Å². The Morgan fingerprint density at radius 1 is 1.25 bits per heavy atom. The van der Waals surface area contributed by atoms with Gasteiger partial charge in [0.05, 0.1) is 0 Å². The fourth-order valence-corrected chi connectivity index (χ4v) is 2.67. The zero-order valence-electron chi connectivity index (χ0n) is 6.08. The van der Waals surface area contributed by atoms with Crippen molar-refractivity contribution in [2.75, 3.05) is 0 Å². The maximum absolute atomic E-state index is 12.7. The van der Waals surface area contributed by atoms with Gasteiger partial charge in [0.25, 0.3) is 0 Å². The number of hydrogen-bond donors (Lipinski definition) is 0. The van der Waals surface area contributed by atoms with Crippen LogP contribution in [0.4, 0.5) is 4.39 Å². The third-order valence-corrected chi connectivity index (χ3v) is 3.47. The van der Waals surface area contributed by atoms with Crippen LogP contribution in [0.5, 0.6) is 0 Å². The molecule has 0 unspecified atom stereocenters. The first kappa shape index (κ1) is 7.71. The Balaban J connectivity index is 2.98. The molecule has 2 aromatic rings. The van der Waals surface area contributed by atoms with Gasteiger partial charge < -0.3 is 0 Å². The molecular formula is C9H5FOSe. The van der Waals surface area contributed by atoms with E-state index in [1.165, 1.54) is 18.2 Å². The van der Waals surface area contributed by atoms with Gasteiger partial charge in [-0.15, -0.1) is 0 Å². The quantitative estimate of drug-likeness (QED) is 0.621. The SMILES string of the molecule is O=c1cc[se]c2ccc(F)cc12. The van der Waals surface area contributed by atoms with Crippen LogP contribution in [0.3, 0.4) is 0 Å². The van der Waals surface area contributed by atoms with Gasteiger partial charge in [0.1, 0.15) is 0 Å². The second kappa shape index (κ2) is 2.85. The van der Waals surface area contributed by atoms with Crippen LogP contribution in [0.25, 0.3) is 9.65 Å². The zero-order valence-corrected chi connectivity index (χ0v) is 7.79. The van der Waals surface area contributed by atoms with Crippen LogP contribution < -0.4 is 5.43 Å². The fraction of sp³-hybridized carbons (Fsp3) is 0. The van der Waals surface area contributed by atoms with E-state index in [0.29, 0.717) is 5.39 Å². The summed E-state index contributed by atoms with van der Waals surface area (Å²) in [5.74, 6) is -0.340. The van der Waals surface area contributed by atoms with Crippen LogP contribution in [-0.4, -0.2) is 14.5 Å². The first-order valence-corrected chi connectivity index (χ1v) is 5.29. The summed E-state index contributed by atoms with van der Waals surface area (Å²) in [6, 6.07) is 5.91. The van der Waals surface area contributed by atoms with Crippen molar-refractivity contribution >= 4 is 24.1 Å². The second-order valence-electron chi connectivity index (χ2n) is 2.43. The van der Waals surface area contributed by atoms with Gasteiger partial charge in [-0.2, -0.15) is 0 Å². The van der Waals surface area contributed by atoms with Crippen LogP contribution >= 0.6 is 0 Å². The monoisotopic (exact) mass is 228 g/mol. The number of fused-ring (bicyclic) bond motifs is 1. The first-order valence-electron chi connectivity index (χ1n) is 3.44. The van der Waals surface area contributed by atoms with Crippen LogP contribution in [0.15, 0.2) is 34.0 Å². The van der Waals surface area contributed by atoms with Crippen molar-refractivity contribution in [2.24, 2.45) is 0 Å². The van der Waals surface area contributed by atoms with E-state index < -0.39 is 0 Å². The summed E-state index contributed by atoms with van der Waals surface area (Å²) in [6.45, 7) is 0. The molecule has 0 fully saturated rings. The first-order chi connectivity index (χ1) is 5.77. The van der Waals surface area contributed by atoms with E-state index in [4.69, 9.17) is 0 Å². The van der Waals surface area contributed by atoms with Crippen LogP contribution in [-0.2, 0) is 0 Å². The standard InChI is InChI=1S/C9H5FOSe/c10-6-1-2-9-7(5-6)8(11)3-4-12-9/h1-5H. The predicted molar refractivity (Wildman–Crippen MR) is 47.1 cm³/mol. The molecule has 0 radical (unpaired) electrons. The van der Waals surface area contributed by atoms with Crippen molar-refractivity contribution in [3.8, 4) is 0 Å². The zero-order chi connectivity index (χ0) is 8.55. The third-order valence-electron chi connectivity index (χ3n) is 1.62. The van der Waals surface area contributed by atoms with Crippen molar-refractivity contribution in [1.82, 2.24) is 0 Å². The Morgan fingerprint density at radius 2 is 2.08 bits per heavy atom. The van der Waals surface area contributed by atoms with Crippen molar-refractivity contribution in [3.63, 3.8) is 0 Å². The average molecular weight is 227 g/mol. The molecule has 1 heterocycles. The Bertz CT molecular complexity index is 475. The minimum atomic E-state index is -0.340. The summed E-state index contributed by atoms with van der Waals surface area (Å²) in [6.07, 6.45) is 0. The Kier molecular flexibility index (Phi) is 1.83. The Hall–Kier alpha value is -0.921. The molecule has 0 N–H and O–H groups in total. The summed E-state index contributed by atoms with van der Waals surface area (Å²) in [7, 11) is 0. The van der Waals surface area contributed by atoms with Crippen molar-refractivity contribution < 1.29 is 4.39 Å². The van der Waals surface area contributed by atoms with Gasteiger partial charge in [-0.3, -0.25) is 0 Å². The third kappa shape index (κ3) is 1.22. The van der Waals surface area contributed by atoms with Crippen LogP contribution in [0.2, 0.25) is 0 Å². The summed E-state index contributed by atoms with van der Waals surface area (Å²) in [5, 5.41) is 0.525. The molecule has 3 heteroatoms. The molecule has 0 spiro atoms. The molecule has 0 saturated heterocycles. The van der Waals surface area contributed by atoms with Crippen LogP contribution in [0, 0.1) is 5.82 Å². The van der Waals surface area contributed by atoms with Gasteiger partial charge >= 0.3 is 73.8 Å². The topological polar surface area (TPSA) is 17.1 Å². The molecule has 0 aliphatic heterocycles. The van der Waals surface area contributed by atoms with E-state index in [1.54, 1.807) is 6.07 Å². The van der Waals surface area contributed by atoms with Gasteiger partial charge in [0, 0.05) is 0 Å². The average Bonchev–Trinajstić information content (AvgIpc) is 2.07. The second-order valence-corrected chi connectivity index (χ2v) is 4.41. The Morgan fingerprint density at radius 3 is 2.92 bits per heavy atom. The maximum atomic E-state index is 12.7. The molecule has 0 atom stereocenters. The summed E-state index contributed by atoms with van der Waals surface area (Å²) in [5.41, 5.74) is -0.0855. The van der Waals surface area contributed by atoms with E-state index in [9.17, 15) is 9.18 Å². The van der Waals surface area contributed by atoms with Crippen molar-refractivity contribution in [3.05, 3.63) is 45.2 Å². The summed E-state index contributed by atoms with van der Waals surface area (Å²) < 4.78 is 13.7. The molecule has 60 valence electrons. The molecule has 0 aliphatic carbocycles. The van der Waals surface area contributed by atoms with Crippen LogP contribution in [0.1, 0.15) is 0 Å². The summed E-state index contributed by atoms with van der Waals surface area (Å²) >= 11 is 0.191. The number of benzene rings is 1. The summed E-state index contributed by atoms with van der Waals surface area (Å²) in [4.78, 5) is 13.1. The van der Waals surface area contributed by atoms with Gasteiger partial charge in [-0.05, 0) is 0 Å². The van der Waals surface area contributed by atoms with Crippen molar-refractivity contribution in [1.29, 1.82) is 0 Å². The molecule has 0 bridgehead atoms. The number of hydrogen-bond acceptors (Lipinski definition) is 1. The minimum absolute atomic E-state index is 0.0855. The molecule has 1 aromatic heterocycles. The molecule has 0 saturated carbocycles. The van der Waals surface area contributed by atoms with E-state index in [2.05, 4.69) is 0 Å². The molecule has 12 heavy (non-hydrogen) atoms.